The first kappa shape index (κ1) is 12.8. The van der Waals surface area contributed by atoms with Crippen molar-refractivity contribution >= 4 is 31.9 Å². The van der Waals surface area contributed by atoms with Gasteiger partial charge in [-0.25, -0.2) is 22.5 Å². The Morgan fingerprint density at radius 2 is 2.06 bits per heavy atom. The highest BCUT2D eigenvalue weighted by atomic mass is 79.9. The Morgan fingerprint density at radius 1 is 1.28 bits per heavy atom. The third kappa shape index (κ3) is 2.79. The second-order valence-electron chi connectivity index (χ2n) is 3.15. The largest absolute Gasteiger partial charge is 0.265 e. The molecule has 0 saturated carbocycles. The highest BCUT2D eigenvalue weighted by molar-refractivity contribution is 9.10. The van der Waals surface area contributed by atoms with Gasteiger partial charge in [0.2, 0.25) is 0 Å². The summed E-state index contributed by atoms with van der Waals surface area (Å²) in [6, 6.07) is 3.24. The van der Waals surface area contributed by atoms with E-state index >= 15 is 0 Å². The molecule has 0 atom stereocenters. The zero-order valence-electron chi connectivity index (χ0n) is 8.71. The molecule has 0 aliphatic carbocycles. The van der Waals surface area contributed by atoms with E-state index in [2.05, 4.69) is 35.8 Å². The average molecular weight is 333 g/mol. The second-order valence-corrected chi connectivity index (χ2v) is 5.65. The minimum atomic E-state index is -3.89. The Morgan fingerprint density at radius 3 is 2.67 bits per heavy atom. The van der Waals surface area contributed by atoms with Gasteiger partial charge >= 0.3 is 0 Å². The summed E-state index contributed by atoms with van der Waals surface area (Å²) < 4.78 is 39.0. The zero-order valence-corrected chi connectivity index (χ0v) is 11.1. The summed E-state index contributed by atoms with van der Waals surface area (Å²) in [4.78, 5) is 3.57. The predicted molar refractivity (Wildman–Crippen MR) is 64.7 cm³/mol. The Labute approximate surface area is 110 Å². The molecule has 1 aromatic carbocycles. The van der Waals surface area contributed by atoms with Crippen LogP contribution in [0.2, 0.25) is 0 Å². The van der Waals surface area contributed by atoms with Gasteiger partial charge in [-0.05, 0) is 34.1 Å². The van der Waals surface area contributed by atoms with Crippen LogP contribution in [0.1, 0.15) is 0 Å². The lowest BCUT2D eigenvalue weighted by Gasteiger charge is -2.07. The lowest BCUT2D eigenvalue weighted by molar-refractivity contribution is 0.598. The summed E-state index contributed by atoms with van der Waals surface area (Å²) in [6.07, 6.45) is 2.61. The molecule has 6 nitrogen and oxygen atoms in total. The van der Waals surface area contributed by atoms with Crippen LogP contribution in [0.25, 0.3) is 0 Å². The van der Waals surface area contributed by atoms with E-state index in [4.69, 9.17) is 0 Å². The smallest absolute Gasteiger partial charge is 0.246 e. The van der Waals surface area contributed by atoms with Crippen LogP contribution in [-0.2, 0) is 10.0 Å². The van der Waals surface area contributed by atoms with Gasteiger partial charge in [-0.3, -0.25) is 0 Å². The molecule has 0 unspecified atom stereocenters. The number of hydrogen-bond donors (Lipinski definition) is 1. The van der Waals surface area contributed by atoms with E-state index in [1.165, 1.54) is 12.4 Å². The summed E-state index contributed by atoms with van der Waals surface area (Å²) in [5.74, 6) is -0.702. The van der Waals surface area contributed by atoms with E-state index in [0.29, 0.717) is 0 Å². The van der Waals surface area contributed by atoms with Gasteiger partial charge in [0.1, 0.15) is 10.7 Å². The van der Waals surface area contributed by atoms with Crippen molar-refractivity contribution in [2.24, 2.45) is 0 Å². The van der Waals surface area contributed by atoms with Gasteiger partial charge in [-0.2, -0.15) is 5.10 Å². The minimum absolute atomic E-state index is 0.110. The fourth-order valence-corrected chi connectivity index (χ4v) is 3.16. The summed E-state index contributed by atoms with van der Waals surface area (Å²) in [5.41, 5.74) is 0. The van der Waals surface area contributed by atoms with Crippen LogP contribution < -0.4 is 4.72 Å². The van der Waals surface area contributed by atoms with E-state index in [1.807, 2.05) is 0 Å². The van der Waals surface area contributed by atoms with Gasteiger partial charge in [0, 0.05) is 4.47 Å². The lowest BCUT2D eigenvalue weighted by Crippen LogP contribution is -2.15. The molecule has 1 N–H and O–H groups in total. The molecule has 1 aromatic heterocycles. The number of sulfonamides is 1. The molecule has 0 aliphatic heterocycles. The molecule has 0 aliphatic rings. The highest BCUT2D eigenvalue weighted by Gasteiger charge is 2.19. The Bertz CT molecular complexity index is 666. The Hall–Kier alpha value is -1.61. The van der Waals surface area contributed by atoms with Crippen LogP contribution in [-0.4, -0.2) is 23.6 Å². The zero-order chi connectivity index (χ0) is 13.2. The maximum absolute atomic E-state index is 12.9. The quantitative estimate of drug-likeness (QED) is 0.922. The van der Waals surface area contributed by atoms with Crippen molar-refractivity contribution in [1.29, 1.82) is 0 Å². The van der Waals surface area contributed by atoms with Gasteiger partial charge < -0.3 is 0 Å². The minimum Gasteiger partial charge on any atom is -0.246 e. The third-order valence-corrected chi connectivity index (χ3v) is 4.20. The second kappa shape index (κ2) is 4.94. The van der Waals surface area contributed by atoms with Crippen LogP contribution in [0.4, 0.5) is 10.3 Å². The van der Waals surface area contributed by atoms with Crippen molar-refractivity contribution in [2.75, 3.05) is 4.72 Å². The molecule has 0 saturated heterocycles. The van der Waals surface area contributed by atoms with Crippen LogP contribution in [0.5, 0.6) is 0 Å². The third-order valence-electron chi connectivity index (χ3n) is 1.89. The molecule has 0 fully saturated rings. The fourth-order valence-electron chi connectivity index (χ4n) is 1.16. The normalized spacial score (nSPS) is 11.2. The van der Waals surface area contributed by atoms with Crippen molar-refractivity contribution in [2.45, 2.75) is 4.90 Å². The van der Waals surface area contributed by atoms with Crippen molar-refractivity contribution in [1.82, 2.24) is 15.2 Å². The molecule has 18 heavy (non-hydrogen) atoms. The molecular formula is C9H6BrFN4O2S. The maximum atomic E-state index is 12.9. The molecule has 0 radical (unpaired) electrons. The van der Waals surface area contributed by atoms with Crippen molar-refractivity contribution in [3.8, 4) is 0 Å². The van der Waals surface area contributed by atoms with Gasteiger partial charge in [0.25, 0.3) is 16.0 Å². The summed E-state index contributed by atoms with van der Waals surface area (Å²) in [5, 5.41) is 6.98. The Balaban J connectivity index is 2.37. The van der Waals surface area contributed by atoms with Crippen LogP contribution >= 0.6 is 15.9 Å². The molecule has 1 heterocycles. The van der Waals surface area contributed by atoms with Crippen molar-refractivity contribution < 1.29 is 12.8 Å². The van der Waals surface area contributed by atoms with Gasteiger partial charge in [-0.15, -0.1) is 5.10 Å². The van der Waals surface area contributed by atoms with Crippen LogP contribution in [0.3, 0.4) is 0 Å². The topological polar surface area (TPSA) is 84.8 Å². The summed E-state index contributed by atoms with van der Waals surface area (Å²) >= 11 is 2.98. The SMILES string of the molecule is O=S(=O)(Nc1nccnn1)c1ccc(F)cc1Br. The standard InChI is InChI=1S/C9H6BrFN4O2S/c10-7-5-6(11)1-2-8(7)18(16,17)15-9-12-3-4-13-14-9/h1-5H,(H,12,14,15). The Kier molecular flexibility index (Phi) is 3.53. The molecule has 0 amide bonds. The molecular weight excluding hydrogens is 327 g/mol. The van der Waals surface area contributed by atoms with Crippen molar-refractivity contribution in [3.63, 3.8) is 0 Å². The first-order chi connectivity index (χ1) is 8.49. The average Bonchev–Trinajstić information content (AvgIpc) is 2.29. The summed E-state index contributed by atoms with van der Waals surface area (Å²) in [6.45, 7) is 0. The molecule has 2 aromatic rings. The molecule has 0 bridgehead atoms. The first-order valence-electron chi connectivity index (χ1n) is 4.60. The molecule has 0 spiro atoms. The van der Waals surface area contributed by atoms with Crippen molar-refractivity contribution in [3.05, 3.63) is 40.9 Å². The van der Waals surface area contributed by atoms with Gasteiger partial charge in [-0.1, -0.05) is 0 Å². The molecule has 9 heteroatoms. The van der Waals surface area contributed by atoms with Gasteiger partial charge in [0.05, 0.1) is 12.4 Å². The number of aromatic nitrogens is 3. The molecule has 2 rings (SSSR count). The highest BCUT2D eigenvalue weighted by Crippen LogP contribution is 2.23. The van der Waals surface area contributed by atoms with E-state index in [0.717, 1.165) is 18.2 Å². The number of anilines is 1. The fraction of sp³-hybridized carbons (Fsp3) is 0. The number of rotatable bonds is 3. The number of benzene rings is 1. The monoisotopic (exact) mass is 332 g/mol. The van der Waals surface area contributed by atoms with Gasteiger partial charge in [0.15, 0.2) is 0 Å². The number of halogens is 2. The lowest BCUT2D eigenvalue weighted by atomic mass is 10.3. The number of hydrogen-bond acceptors (Lipinski definition) is 5. The van der Waals surface area contributed by atoms with Crippen LogP contribution in [0, 0.1) is 5.82 Å². The number of nitrogens with one attached hydrogen (secondary N) is 1. The van der Waals surface area contributed by atoms with E-state index in [1.54, 1.807) is 0 Å². The van der Waals surface area contributed by atoms with Crippen LogP contribution in [0.15, 0.2) is 40.0 Å². The van der Waals surface area contributed by atoms with E-state index in [-0.39, 0.29) is 15.3 Å². The number of nitrogens with zero attached hydrogens (tertiary/aromatic N) is 3. The predicted octanol–water partition coefficient (Wildman–Crippen LogP) is 1.57. The van der Waals surface area contributed by atoms with E-state index in [9.17, 15) is 12.8 Å². The van der Waals surface area contributed by atoms with E-state index < -0.39 is 15.8 Å². The molecule has 94 valence electrons. The summed E-state index contributed by atoms with van der Waals surface area (Å²) in [7, 11) is -3.89. The maximum Gasteiger partial charge on any atom is 0.265 e. The first-order valence-corrected chi connectivity index (χ1v) is 6.88.